The van der Waals surface area contributed by atoms with Crippen LogP contribution in [0.4, 0.5) is 0 Å². The lowest BCUT2D eigenvalue weighted by Gasteiger charge is -2.25. The van der Waals surface area contributed by atoms with Crippen LogP contribution in [0.5, 0.6) is 5.75 Å². The first-order valence-electron chi connectivity index (χ1n) is 7.64. The summed E-state index contributed by atoms with van der Waals surface area (Å²) in [5.41, 5.74) is 4.47. The van der Waals surface area contributed by atoms with Crippen molar-refractivity contribution in [2.75, 3.05) is 13.7 Å². The number of rotatable bonds is 4. The van der Waals surface area contributed by atoms with E-state index in [9.17, 15) is 0 Å². The highest BCUT2D eigenvalue weighted by Crippen LogP contribution is 2.36. The van der Waals surface area contributed by atoms with Gasteiger partial charge in [0, 0.05) is 22.3 Å². The monoisotopic (exact) mass is 301 g/mol. The molecule has 0 spiro atoms. The van der Waals surface area contributed by atoms with Crippen LogP contribution in [-0.4, -0.2) is 13.7 Å². The Kier molecular flexibility index (Phi) is 4.32. The largest absolute Gasteiger partial charge is 0.497 e. The molecule has 0 radical (unpaired) electrons. The van der Waals surface area contributed by atoms with Gasteiger partial charge in [0.15, 0.2) is 0 Å². The molecule has 112 valence electrons. The smallest absolute Gasteiger partial charge is 0.118 e. The van der Waals surface area contributed by atoms with E-state index in [-0.39, 0.29) is 0 Å². The van der Waals surface area contributed by atoms with Crippen molar-refractivity contribution in [2.45, 2.75) is 39.2 Å². The first-order valence-corrected chi connectivity index (χ1v) is 8.45. The van der Waals surface area contributed by atoms with Crippen molar-refractivity contribution in [3.05, 3.63) is 50.7 Å². The molecule has 0 fully saturated rings. The second kappa shape index (κ2) is 6.20. The lowest BCUT2D eigenvalue weighted by Crippen LogP contribution is -2.29. The number of ether oxygens (including phenoxy) is 1. The molecular weight excluding hydrogens is 278 g/mol. The average molecular weight is 301 g/mol. The van der Waals surface area contributed by atoms with E-state index in [1.807, 2.05) is 11.3 Å². The van der Waals surface area contributed by atoms with Gasteiger partial charge in [-0.1, -0.05) is 12.1 Å². The number of hydrogen-bond donors (Lipinski definition) is 1. The van der Waals surface area contributed by atoms with Crippen molar-refractivity contribution in [3.63, 3.8) is 0 Å². The van der Waals surface area contributed by atoms with Gasteiger partial charge in [0.25, 0.3) is 0 Å². The molecular formula is C18H23NOS. The molecule has 1 atom stereocenters. The number of benzene rings is 1. The summed E-state index contributed by atoms with van der Waals surface area (Å²) >= 11 is 1.99. The van der Waals surface area contributed by atoms with Crippen LogP contribution in [0.15, 0.2) is 24.3 Å². The van der Waals surface area contributed by atoms with E-state index >= 15 is 0 Å². The van der Waals surface area contributed by atoms with Crippen molar-refractivity contribution < 1.29 is 4.74 Å². The fourth-order valence-corrected chi connectivity index (χ4v) is 4.41. The van der Waals surface area contributed by atoms with Crippen LogP contribution in [-0.2, 0) is 12.8 Å². The number of thiophene rings is 1. The summed E-state index contributed by atoms with van der Waals surface area (Å²) in [5.74, 6) is 0.932. The summed E-state index contributed by atoms with van der Waals surface area (Å²) < 4.78 is 5.22. The first kappa shape index (κ1) is 14.6. The van der Waals surface area contributed by atoms with Crippen LogP contribution < -0.4 is 10.1 Å². The molecule has 3 heteroatoms. The Labute approximate surface area is 131 Å². The zero-order valence-electron chi connectivity index (χ0n) is 13.0. The predicted octanol–water partition coefficient (Wildman–Crippen LogP) is 4.19. The molecule has 1 aliphatic rings. The van der Waals surface area contributed by atoms with Crippen LogP contribution in [0.2, 0.25) is 0 Å². The molecule has 0 bridgehead atoms. The minimum atomic E-state index is 0.515. The summed E-state index contributed by atoms with van der Waals surface area (Å²) in [6.07, 6.45) is 3.46. The van der Waals surface area contributed by atoms with Gasteiger partial charge in [-0.05, 0) is 61.9 Å². The molecule has 1 N–H and O–H groups in total. The Bertz CT molecular complexity index is 615. The fourth-order valence-electron chi connectivity index (χ4n) is 3.17. The Morgan fingerprint density at radius 2 is 2.00 bits per heavy atom. The van der Waals surface area contributed by atoms with Gasteiger partial charge in [-0.25, -0.2) is 0 Å². The molecule has 2 aromatic rings. The second-order valence-electron chi connectivity index (χ2n) is 5.76. The molecule has 0 saturated heterocycles. The van der Waals surface area contributed by atoms with Crippen molar-refractivity contribution in [2.24, 2.45) is 0 Å². The van der Waals surface area contributed by atoms with Crippen molar-refractivity contribution >= 4 is 11.3 Å². The van der Waals surface area contributed by atoms with Crippen molar-refractivity contribution in [3.8, 4) is 5.75 Å². The Hall–Kier alpha value is -1.32. The minimum Gasteiger partial charge on any atom is -0.497 e. The minimum absolute atomic E-state index is 0.515. The highest BCUT2D eigenvalue weighted by Gasteiger charge is 2.24. The average Bonchev–Trinajstić information content (AvgIpc) is 2.81. The first-order chi connectivity index (χ1) is 10.2. The molecule has 21 heavy (non-hydrogen) atoms. The van der Waals surface area contributed by atoms with Gasteiger partial charge in [0.2, 0.25) is 0 Å². The van der Waals surface area contributed by atoms with Gasteiger partial charge in [0.1, 0.15) is 5.75 Å². The molecule has 0 amide bonds. The maximum atomic E-state index is 5.22. The Balaban J connectivity index is 1.71. The number of fused-ring (bicyclic) bond motifs is 1. The zero-order chi connectivity index (χ0) is 14.8. The summed E-state index contributed by atoms with van der Waals surface area (Å²) in [7, 11) is 1.71. The predicted molar refractivity (Wildman–Crippen MR) is 89.6 cm³/mol. The van der Waals surface area contributed by atoms with Gasteiger partial charge >= 0.3 is 0 Å². The van der Waals surface area contributed by atoms with Gasteiger partial charge in [-0.2, -0.15) is 0 Å². The summed E-state index contributed by atoms with van der Waals surface area (Å²) in [6, 6.07) is 8.97. The quantitative estimate of drug-likeness (QED) is 0.914. The molecule has 1 aromatic carbocycles. The lowest BCUT2D eigenvalue weighted by molar-refractivity contribution is 0.414. The third-order valence-electron chi connectivity index (χ3n) is 4.48. The summed E-state index contributed by atoms with van der Waals surface area (Å²) in [6.45, 7) is 5.64. The number of aryl methyl sites for hydroxylation is 2. The Morgan fingerprint density at radius 1 is 1.24 bits per heavy atom. The number of methoxy groups -OCH3 is 1. The molecule has 1 aromatic heterocycles. The van der Waals surface area contributed by atoms with E-state index in [0.717, 1.165) is 25.1 Å². The summed E-state index contributed by atoms with van der Waals surface area (Å²) in [4.78, 5) is 3.08. The van der Waals surface area contributed by atoms with E-state index in [4.69, 9.17) is 4.74 Å². The maximum absolute atomic E-state index is 5.22. The highest BCUT2D eigenvalue weighted by molar-refractivity contribution is 7.12. The highest BCUT2D eigenvalue weighted by atomic mass is 32.1. The van der Waals surface area contributed by atoms with E-state index in [2.05, 4.69) is 43.4 Å². The normalized spacial score (nSPS) is 17.6. The van der Waals surface area contributed by atoms with Crippen LogP contribution in [0, 0.1) is 13.8 Å². The van der Waals surface area contributed by atoms with Crippen molar-refractivity contribution in [1.82, 2.24) is 5.32 Å². The topological polar surface area (TPSA) is 21.3 Å². The standard InChI is InChI=1S/C18H23NOS/c1-12-13(2)21-17-10-11-19-16(18(12)17)9-6-14-4-7-15(20-3)8-5-14/h4-5,7-8,16,19H,6,9-11H2,1-3H3. The van der Waals surface area contributed by atoms with Crippen LogP contribution >= 0.6 is 11.3 Å². The summed E-state index contributed by atoms with van der Waals surface area (Å²) in [5, 5.41) is 3.70. The lowest BCUT2D eigenvalue weighted by atomic mass is 9.92. The van der Waals surface area contributed by atoms with Crippen LogP contribution in [0.25, 0.3) is 0 Å². The Morgan fingerprint density at radius 3 is 2.71 bits per heavy atom. The molecule has 1 unspecified atom stereocenters. The van der Waals surface area contributed by atoms with Crippen molar-refractivity contribution in [1.29, 1.82) is 0 Å². The molecule has 1 aliphatic heterocycles. The molecule has 2 nitrogen and oxygen atoms in total. The molecule has 2 heterocycles. The molecule has 0 saturated carbocycles. The van der Waals surface area contributed by atoms with Gasteiger partial charge in [0.05, 0.1) is 7.11 Å². The number of nitrogens with one attached hydrogen (secondary N) is 1. The van der Waals surface area contributed by atoms with Gasteiger partial charge in [-0.3, -0.25) is 0 Å². The third kappa shape index (κ3) is 2.99. The SMILES string of the molecule is COc1ccc(CCC2NCCc3sc(C)c(C)c32)cc1. The molecule has 3 rings (SSSR count). The van der Waals surface area contributed by atoms with E-state index in [1.54, 1.807) is 17.6 Å². The van der Waals surface area contributed by atoms with E-state index in [1.165, 1.54) is 22.4 Å². The van der Waals surface area contributed by atoms with E-state index < -0.39 is 0 Å². The zero-order valence-corrected chi connectivity index (χ0v) is 13.8. The van der Waals surface area contributed by atoms with Crippen LogP contribution in [0.3, 0.4) is 0 Å². The van der Waals surface area contributed by atoms with Crippen LogP contribution in [0.1, 0.15) is 38.9 Å². The number of hydrogen-bond acceptors (Lipinski definition) is 3. The fraction of sp³-hybridized carbons (Fsp3) is 0.444. The van der Waals surface area contributed by atoms with Gasteiger partial charge < -0.3 is 10.1 Å². The second-order valence-corrected chi connectivity index (χ2v) is 7.07. The van der Waals surface area contributed by atoms with E-state index in [0.29, 0.717) is 6.04 Å². The maximum Gasteiger partial charge on any atom is 0.118 e. The van der Waals surface area contributed by atoms with Gasteiger partial charge in [-0.15, -0.1) is 11.3 Å². The third-order valence-corrected chi connectivity index (χ3v) is 5.76. The molecule has 0 aliphatic carbocycles.